The second-order valence-electron chi connectivity index (χ2n) is 9.23. The molecule has 8 heteroatoms. The minimum absolute atomic E-state index is 0.000524. The third-order valence-electron chi connectivity index (χ3n) is 6.20. The van der Waals surface area contributed by atoms with Crippen molar-refractivity contribution in [1.29, 1.82) is 0 Å². The van der Waals surface area contributed by atoms with Gasteiger partial charge >= 0.3 is 0 Å². The molecule has 4 rings (SSSR count). The molecule has 0 radical (unpaired) electrons. The fourth-order valence-electron chi connectivity index (χ4n) is 4.30. The van der Waals surface area contributed by atoms with Crippen LogP contribution in [-0.2, 0) is 14.3 Å². The van der Waals surface area contributed by atoms with Gasteiger partial charge in [-0.05, 0) is 47.9 Å². The van der Waals surface area contributed by atoms with Gasteiger partial charge in [0, 0.05) is 31.7 Å². The lowest BCUT2D eigenvalue weighted by atomic mass is 9.95. The lowest BCUT2D eigenvalue weighted by Crippen LogP contribution is -2.42. The van der Waals surface area contributed by atoms with Crippen molar-refractivity contribution in [3.8, 4) is 5.75 Å². The Labute approximate surface area is 204 Å². The topological polar surface area (TPSA) is 79.3 Å². The molecule has 2 aromatic rings. The summed E-state index contributed by atoms with van der Waals surface area (Å²) in [6.07, 6.45) is 0. The number of nitrogens with zero attached hydrogens (tertiary/aromatic N) is 2. The Balaban J connectivity index is 1.66. The number of halogens is 1. The van der Waals surface area contributed by atoms with Crippen LogP contribution >= 0.6 is 0 Å². The van der Waals surface area contributed by atoms with Crippen LogP contribution in [0.2, 0.25) is 0 Å². The lowest BCUT2D eigenvalue weighted by molar-refractivity contribution is -0.140. The van der Waals surface area contributed by atoms with Gasteiger partial charge in [-0.2, -0.15) is 0 Å². The molecule has 2 aromatic carbocycles. The average Bonchev–Trinajstić information content (AvgIpc) is 3.12. The van der Waals surface area contributed by atoms with Crippen molar-refractivity contribution >= 4 is 17.4 Å². The monoisotopic (exact) mass is 482 g/mol. The maximum Gasteiger partial charge on any atom is 0.295 e. The number of hydrogen-bond donors (Lipinski definition) is 1. The van der Waals surface area contributed by atoms with E-state index in [9.17, 15) is 19.1 Å². The molecule has 1 N–H and O–H groups in total. The molecule has 2 saturated heterocycles. The number of morpholine rings is 1. The van der Waals surface area contributed by atoms with E-state index in [4.69, 9.17) is 9.47 Å². The van der Waals surface area contributed by atoms with Crippen molar-refractivity contribution in [3.05, 3.63) is 71.0 Å². The molecule has 2 aliphatic heterocycles. The molecular weight excluding hydrogens is 451 g/mol. The Morgan fingerprint density at radius 3 is 2.34 bits per heavy atom. The maximum absolute atomic E-state index is 13.6. The number of aliphatic hydroxyl groups excluding tert-OH is 1. The zero-order chi connectivity index (χ0) is 24.9. The smallest absolute Gasteiger partial charge is 0.295 e. The molecule has 1 atom stereocenters. The second kappa shape index (κ2) is 11.0. The molecule has 0 saturated carbocycles. The molecule has 186 valence electrons. The molecule has 0 aliphatic carbocycles. The zero-order valence-corrected chi connectivity index (χ0v) is 20.1. The van der Waals surface area contributed by atoms with Crippen molar-refractivity contribution in [1.82, 2.24) is 9.80 Å². The summed E-state index contributed by atoms with van der Waals surface area (Å²) in [5, 5.41) is 11.2. The number of rotatable bonds is 8. The van der Waals surface area contributed by atoms with Crippen LogP contribution in [0.1, 0.15) is 31.0 Å². The highest BCUT2D eigenvalue weighted by atomic mass is 19.1. The van der Waals surface area contributed by atoms with Gasteiger partial charge in [-0.25, -0.2) is 4.39 Å². The van der Waals surface area contributed by atoms with E-state index in [1.165, 1.54) is 17.0 Å². The summed E-state index contributed by atoms with van der Waals surface area (Å²) in [6, 6.07) is 11.6. The van der Waals surface area contributed by atoms with Gasteiger partial charge in [-0.1, -0.05) is 26.0 Å². The van der Waals surface area contributed by atoms with Crippen LogP contribution in [0.3, 0.4) is 0 Å². The number of ether oxygens (including phenoxy) is 2. The highest BCUT2D eigenvalue weighted by molar-refractivity contribution is 6.46. The Morgan fingerprint density at radius 1 is 1.06 bits per heavy atom. The number of hydrogen-bond acceptors (Lipinski definition) is 6. The van der Waals surface area contributed by atoms with E-state index in [1.807, 2.05) is 13.8 Å². The Morgan fingerprint density at radius 2 is 1.71 bits per heavy atom. The van der Waals surface area contributed by atoms with Gasteiger partial charge in [-0.3, -0.25) is 14.5 Å². The number of benzene rings is 2. The second-order valence-corrected chi connectivity index (χ2v) is 9.23. The van der Waals surface area contributed by atoms with Gasteiger partial charge < -0.3 is 19.5 Å². The van der Waals surface area contributed by atoms with E-state index < -0.39 is 23.5 Å². The Hall–Kier alpha value is -3.23. The maximum atomic E-state index is 13.6. The van der Waals surface area contributed by atoms with Crippen LogP contribution in [0.5, 0.6) is 5.75 Å². The van der Waals surface area contributed by atoms with E-state index in [-0.39, 0.29) is 11.3 Å². The highest BCUT2D eigenvalue weighted by Gasteiger charge is 2.46. The lowest BCUT2D eigenvalue weighted by Gasteiger charge is -2.31. The zero-order valence-electron chi connectivity index (χ0n) is 20.1. The van der Waals surface area contributed by atoms with Crippen molar-refractivity contribution in [2.75, 3.05) is 46.0 Å². The average molecular weight is 483 g/mol. The largest absolute Gasteiger partial charge is 0.507 e. The van der Waals surface area contributed by atoms with Gasteiger partial charge in [0.1, 0.15) is 17.3 Å². The minimum atomic E-state index is -0.812. The summed E-state index contributed by atoms with van der Waals surface area (Å²) in [7, 11) is 0. The molecule has 0 bridgehead atoms. The van der Waals surface area contributed by atoms with Crippen LogP contribution in [0.15, 0.2) is 54.1 Å². The van der Waals surface area contributed by atoms with Crippen molar-refractivity contribution in [2.24, 2.45) is 5.92 Å². The van der Waals surface area contributed by atoms with E-state index >= 15 is 0 Å². The summed E-state index contributed by atoms with van der Waals surface area (Å²) >= 11 is 0. The predicted octanol–water partition coefficient (Wildman–Crippen LogP) is 3.61. The number of carbonyl (C=O) groups excluding carboxylic acids is 2. The molecule has 2 aliphatic rings. The molecule has 2 fully saturated rings. The van der Waals surface area contributed by atoms with E-state index in [1.54, 1.807) is 36.4 Å². The number of carbonyl (C=O) groups is 2. The van der Waals surface area contributed by atoms with Crippen LogP contribution < -0.4 is 4.74 Å². The number of amides is 1. The minimum Gasteiger partial charge on any atom is -0.507 e. The first kappa shape index (κ1) is 24.9. The first-order valence-corrected chi connectivity index (χ1v) is 11.9. The summed E-state index contributed by atoms with van der Waals surface area (Å²) in [5.41, 5.74) is 0.964. The van der Waals surface area contributed by atoms with Gasteiger partial charge in [0.15, 0.2) is 0 Å². The van der Waals surface area contributed by atoms with Crippen LogP contribution in [-0.4, -0.2) is 72.6 Å². The van der Waals surface area contributed by atoms with Crippen molar-refractivity contribution in [3.63, 3.8) is 0 Å². The van der Waals surface area contributed by atoms with Crippen molar-refractivity contribution in [2.45, 2.75) is 19.9 Å². The molecule has 0 spiro atoms. The van der Waals surface area contributed by atoms with Crippen LogP contribution in [0, 0.1) is 11.7 Å². The normalized spacial score (nSPS) is 20.6. The standard InChI is InChI=1S/C27H31FN2O5/c1-18(2)17-35-22-9-5-20(6-10-22)25(31)23-24(19-3-7-21(28)8-4-19)30(27(33)26(23)32)12-11-29-13-15-34-16-14-29/h3-10,18,24,31H,11-17H2,1-2H3/t24-/m0/s1. The quantitative estimate of drug-likeness (QED) is 0.352. The summed E-state index contributed by atoms with van der Waals surface area (Å²) in [5.74, 6) is -1.09. The fraction of sp³-hybridized carbons (Fsp3) is 0.407. The Kier molecular flexibility index (Phi) is 7.83. The van der Waals surface area contributed by atoms with Crippen LogP contribution in [0.4, 0.5) is 4.39 Å². The molecular formula is C27H31FN2O5. The highest BCUT2D eigenvalue weighted by Crippen LogP contribution is 2.39. The number of Topliss-reactive ketones (excluding diaryl/α,β-unsaturated/α-hetero) is 1. The number of likely N-dealkylation sites (tertiary alicyclic amines) is 1. The van der Waals surface area contributed by atoms with Crippen LogP contribution in [0.25, 0.3) is 5.76 Å². The summed E-state index contributed by atoms with van der Waals surface area (Å²) < 4.78 is 24.7. The predicted molar refractivity (Wildman–Crippen MR) is 129 cm³/mol. The Bertz CT molecular complexity index is 1080. The SMILES string of the molecule is CC(C)COc1ccc(C(O)=C2C(=O)C(=O)N(CCN3CCOCC3)[C@H]2c2ccc(F)cc2)cc1. The summed E-state index contributed by atoms with van der Waals surface area (Å²) in [6.45, 7) is 8.26. The fourth-order valence-corrected chi connectivity index (χ4v) is 4.30. The third kappa shape index (κ3) is 5.71. The van der Waals surface area contributed by atoms with E-state index in [0.29, 0.717) is 55.7 Å². The first-order valence-electron chi connectivity index (χ1n) is 11.9. The van der Waals surface area contributed by atoms with Gasteiger partial charge in [-0.15, -0.1) is 0 Å². The molecule has 0 aromatic heterocycles. The van der Waals surface area contributed by atoms with E-state index in [0.717, 1.165) is 13.1 Å². The number of ketones is 1. The molecule has 0 unspecified atom stereocenters. The molecule has 7 nitrogen and oxygen atoms in total. The van der Waals surface area contributed by atoms with Gasteiger partial charge in [0.25, 0.3) is 11.7 Å². The first-order chi connectivity index (χ1) is 16.8. The van der Waals surface area contributed by atoms with Gasteiger partial charge in [0.05, 0.1) is 31.4 Å². The van der Waals surface area contributed by atoms with E-state index in [2.05, 4.69) is 4.90 Å². The third-order valence-corrected chi connectivity index (χ3v) is 6.20. The molecule has 35 heavy (non-hydrogen) atoms. The molecule has 1 amide bonds. The number of aliphatic hydroxyl groups is 1. The van der Waals surface area contributed by atoms with Gasteiger partial charge in [0.2, 0.25) is 0 Å². The summed E-state index contributed by atoms with van der Waals surface area (Å²) in [4.78, 5) is 29.8. The van der Waals surface area contributed by atoms with Crippen molar-refractivity contribution < 1.29 is 28.6 Å². The molecule has 2 heterocycles.